The van der Waals surface area contributed by atoms with Crippen LogP contribution >= 0.6 is 0 Å². The Morgan fingerprint density at radius 3 is 2.27 bits per heavy atom. The van der Waals surface area contributed by atoms with Crippen molar-refractivity contribution in [3.63, 3.8) is 0 Å². The fraction of sp³-hybridized carbons (Fsp3) is 0.286. The maximum Gasteiger partial charge on any atom is 0.344 e. The number of imide groups is 1. The van der Waals surface area contributed by atoms with Crippen molar-refractivity contribution in [2.45, 2.75) is 31.1 Å². The molecule has 4 amide bonds. The van der Waals surface area contributed by atoms with Gasteiger partial charge in [0.05, 0.1) is 5.75 Å². The Morgan fingerprint density at radius 1 is 1.03 bits per heavy atom. The van der Waals surface area contributed by atoms with Crippen molar-refractivity contribution in [1.82, 2.24) is 15.8 Å². The quantitative estimate of drug-likeness (QED) is 0.652. The van der Waals surface area contributed by atoms with Crippen LogP contribution in [0.4, 0.5) is 4.79 Å². The molecule has 2 N–H and O–H groups in total. The smallest absolute Gasteiger partial charge is 0.322 e. The third kappa shape index (κ3) is 5.04. The summed E-state index contributed by atoms with van der Waals surface area (Å²) in [6, 6.07) is 14.8. The van der Waals surface area contributed by atoms with Crippen LogP contribution in [-0.2, 0) is 26.8 Å². The molecule has 2 aromatic carbocycles. The van der Waals surface area contributed by atoms with Gasteiger partial charge in [-0.3, -0.25) is 15.0 Å². The highest BCUT2D eigenvalue weighted by Gasteiger charge is 2.48. The zero-order valence-electron chi connectivity index (χ0n) is 16.7. The van der Waals surface area contributed by atoms with Crippen molar-refractivity contribution in [2.75, 3.05) is 6.26 Å². The predicted octanol–water partition coefficient (Wildman–Crippen LogP) is 1.82. The molecule has 1 aliphatic rings. The summed E-state index contributed by atoms with van der Waals surface area (Å²) in [5.41, 5.74) is 2.98. The first-order valence-corrected chi connectivity index (χ1v) is 11.4. The highest BCUT2D eigenvalue weighted by molar-refractivity contribution is 7.89. The van der Waals surface area contributed by atoms with E-state index in [-0.39, 0.29) is 11.3 Å². The van der Waals surface area contributed by atoms with Crippen LogP contribution in [0.5, 0.6) is 0 Å². The van der Waals surface area contributed by atoms with E-state index in [1.54, 1.807) is 6.92 Å². The maximum absolute atomic E-state index is 12.8. The SMILES string of the molecule is C[C@]1(CCc2ccccc2)NC(=O)N(NC(=O)c2ccc(CS(C)(=O)=O)cc2)C1=O. The zero-order chi connectivity index (χ0) is 21.9. The molecule has 1 saturated heterocycles. The molecular formula is C21H23N3O5S. The van der Waals surface area contributed by atoms with Gasteiger partial charge in [-0.2, -0.15) is 5.01 Å². The van der Waals surface area contributed by atoms with Crippen molar-refractivity contribution < 1.29 is 22.8 Å². The van der Waals surface area contributed by atoms with Gasteiger partial charge in [0.1, 0.15) is 5.54 Å². The molecule has 0 spiro atoms. The van der Waals surface area contributed by atoms with Crippen LogP contribution in [0.25, 0.3) is 0 Å². The molecule has 30 heavy (non-hydrogen) atoms. The molecule has 1 aliphatic heterocycles. The van der Waals surface area contributed by atoms with Crippen molar-refractivity contribution in [3.05, 3.63) is 71.3 Å². The van der Waals surface area contributed by atoms with E-state index in [0.717, 1.165) is 11.8 Å². The predicted molar refractivity (Wildman–Crippen MR) is 111 cm³/mol. The van der Waals surface area contributed by atoms with E-state index >= 15 is 0 Å². The summed E-state index contributed by atoms with van der Waals surface area (Å²) in [5.74, 6) is -1.32. The number of nitrogens with one attached hydrogen (secondary N) is 2. The third-order valence-electron chi connectivity index (χ3n) is 4.88. The van der Waals surface area contributed by atoms with Gasteiger partial charge in [-0.05, 0) is 43.0 Å². The maximum atomic E-state index is 12.8. The number of nitrogens with zero attached hydrogens (tertiary/aromatic N) is 1. The van der Waals surface area contributed by atoms with E-state index in [4.69, 9.17) is 0 Å². The molecule has 8 nitrogen and oxygen atoms in total. The van der Waals surface area contributed by atoms with Gasteiger partial charge in [0.25, 0.3) is 11.8 Å². The minimum atomic E-state index is -3.19. The molecule has 0 unspecified atom stereocenters. The van der Waals surface area contributed by atoms with Gasteiger partial charge in [0, 0.05) is 11.8 Å². The number of benzene rings is 2. The number of carbonyl (C=O) groups excluding carboxylic acids is 3. The molecule has 2 aromatic rings. The Kier molecular flexibility index (Phi) is 5.93. The Bertz CT molecular complexity index is 1070. The lowest BCUT2D eigenvalue weighted by atomic mass is 9.93. The minimum absolute atomic E-state index is 0.137. The first-order chi connectivity index (χ1) is 14.1. The van der Waals surface area contributed by atoms with E-state index in [2.05, 4.69) is 10.7 Å². The Hall–Kier alpha value is -3.20. The van der Waals surface area contributed by atoms with E-state index in [1.807, 2.05) is 30.3 Å². The lowest BCUT2D eigenvalue weighted by Gasteiger charge is -2.21. The summed E-state index contributed by atoms with van der Waals surface area (Å²) >= 11 is 0. The summed E-state index contributed by atoms with van der Waals surface area (Å²) in [7, 11) is -3.19. The summed E-state index contributed by atoms with van der Waals surface area (Å²) in [6.07, 6.45) is 2.10. The van der Waals surface area contributed by atoms with E-state index in [1.165, 1.54) is 24.3 Å². The summed E-state index contributed by atoms with van der Waals surface area (Å²) < 4.78 is 22.7. The molecule has 1 fully saturated rings. The van der Waals surface area contributed by atoms with Gasteiger partial charge >= 0.3 is 6.03 Å². The van der Waals surface area contributed by atoms with Crippen LogP contribution < -0.4 is 10.7 Å². The highest BCUT2D eigenvalue weighted by Crippen LogP contribution is 2.22. The van der Waals surface area contributed by atoms with Gasteiger partial charge in [-0.15, -0.1) is 0 Å². The first kappa shape index (κ1) is 21.5. The van der Waals surface area contributed by atoms with Crippen LogP contribution in [0.15, 0.2) is 54.6 Å². The van der Waals surface area contributed by atoms with Crippen molar-refractivity contribution in [2.24, 2.45) is 0 Å². The average Bonchev–Trinajstić information content (AvgIpc) is 2.90. The Morgan fingerprint density at radius 2 is 1.67 bits per heavy atom. The topological polar surface area (TPSA) is 113 Å². The Labute approximate surface area is 175 Å². The molecular weight excluding hydrogens is 406 g/mol. The van der Waals surface area contributed by atoms with Crippen molar-refractivity contribution in [1.29, 1.82) is 0 Å². The molecule has 1 atom stereocenters. The standard InChI is InChI=1S/C21H23N3O5S/c1-21(13-12-15-6-4-3-5-7-15)19(26)24(20(27)22-21)23-18(25)17-10-8-16(9-11-17)14-30(2,28)29/h3-11H,12-14H2,1-2H3,(H,22,27)(H,23,25)/t21-/m1/s1. The van der Waals surface area contributed by atoms with E-state index in [9.17, 15) is 22.8 Å². The number of carbonyl (C=O) groups is 3. The second kappa shape index (κ2) is 8.27. The summed E-state index contributed by atoms with van der Waals surface area (Å²) in [6.45, 7) is 1.63. The van der Waals surface area contributed by atoms with Crippen LogP contribution in [0.3, 0.4) is 0 Å². The van der Waals surface area contributed by atoms with Crippen LogP contribution in [0.1, 0.15) is 34.8 Å². The van der Waals surface area contributed by atoms with Crippen molar-refractivity contribution in [3.8, 4) is 0 Å². The lowest BCUT2D eigenvalue weighted by Crippen LogP contribution is -2.48. The minimum Gasteiger partial charge on any atom is -0.322 e. The number of hydrazine groups is 1. The molecule has 158 valence electrons. The third-order valence-corrected chi connectivity index (χ3v) is 5.73. The first-order valence-electron chi connectivity index (χ1n) is 9.36. The zero-order valence-corrected chi connectivity index (χ0v) is 17.5. The fourth-order valence-corrected chi connectivity index (χ4v) is 4.01. The number of sulfone groups is 1. The average molecular weight is 429 g/mol. The Balaban J connectivity index is 1.65. The van der Waals surface area contributed by atoms with Crippen LogP contribution in [-0.4, -0.2) is 43.1 Å². The molecule has 0 bridgehead atoms. The van der Waals surface area contributed by atoms with Gasteiger partial charge in [0.15, 0.2) is 9.84 Å². The molecule has 0 radical (unpaired) electrons. The number of hydrogen-bond acceptors (Lipinski definition) is 5. The van der Waals surface area contributed by atoms with Crippen LogP contribution in [0, 0.1) is 0 Å². The summed E-state index contributed by atoms with van der Waals surface area (Å²) in [5, 5.41) is 3.34. The highest BCUT2D eigenvalue weighted by atomic mass is 32.2. The molecule has 3 rings (SSSR count). The molecule has 0 aliphatic carbocycles. The number of hydrogen-bond donors (Lipinski definition) is 2. The number of rotatable bonds is 7. The molecule has 1 heterocycles. The van der Waals surface area contributed by atoms with Crippen LogP contribution in [0.2, 0.25) is 0 Å². The van der Waals surface area contributed by atoms with E-state index < -0.39 is 33.2 Å². The molecule has 0 saturated carbocycles. The monoisotopic (exact) mass is 429 g/mol. The molecule has 9 heteroatoms. The number of aryl methyl sites for hydroxylation is 1. The van der Waals surface area contributed by atoms with Gasteiger partial charge in [0.2, 0.25) is 0 Å². The largest absolute Gasteiger partial charge is 0.344 e. The fourth-order valence-electron chi connectivity index (χ4n) is 3.22. The van der Waals surface area contributed by atoms with Gasteiger partial charge in [-0.25, -0.2) is 13.2 Å². The second-order valence-electron chi connectivity index (χ2n) is 7.60. The van der Waals surface area contributed by atoms with Crippen molar-refractivity contribution >= 4 is 27.7 Å². The van der Waals surface area contributed by atoms with Gasteiger partial charge < -0.3 is 5.32 Å². The normalized spacial score (nSPS) is 18.9. The summed E-state index contributed by atoms with van der Waals surface area (Å²) in [4.78, 5) is 37.6. The number of urea groups is 1. The van der Waals surface area contributed by atoms with E-state index in [0.29, 0.717) is 23.4 Å². The second-order valence-corrected chi connectivity index (χ2v) is 9.74. The van der Waals surface area contributed by atoms with Gasteiger partial charge in [-0.1, -0.05) is 42.5 Å². The number of amides is 4. The lowest BCUT2D eigenvalue weighted by molar-refractivity contribution is -0.132. The molecule has 0 aromatic heterocycles.